The fraction of sp³-hybridized carbons (Fsp3) is 0.400. The SMILES string of the molecule is CC(NS(=O)(=O)CCO)c1ccccc1F. The summed E-state index contributed by atoms with van der Waals surface area (Å²) in [5, 5.41) is 8.55. The summed E-state index contributed by atoms with van der Waals surface area (Å²) in [6.07, 6.45) is 0. The lowest BCUT2D eigenvalue weighted by Gasteiger charge is -2.14. The molecular weight excluding hydrogens is 233 g/mol. The highest BCUT2D eigenvalue weighted by Gasteiger charge is 2.17. The van der Waals surface area contributed by atoms with Gasteiger partial charge in [-0.25, -0.2) is 17.5 Å². The van der Waals surface area contributed by atoms with Crippen molar-refractivity contribution in [3.05, 3.63) is 35.6 Å². The van der Waals surface area contributed by atoms with Gasteiger partial charge in [-0.15, -0.1) is 0 Å². The number of sulfonamides is 1. The number of nitrogens with one attached hydrogen (secondary N) is 1. The minimum absolute atomic E-state index is 0.281. The van der Waals surface area contributed by atoms with Crippen molar-refractivity contribution in [1.82, 2.24) is 4.72 Å². The van der Waals surface area contributed by atoms with Gasteiger partial charge in [0.15, 0.2) is 0 Å². The summed E-state index contributed by atoms with van der Waals surface area (Å²) in [6, 6.07) is 5.30. The van der Waals surface area contributed by atoms with E-state index in [9.17, 15) is 12.8 Å². The standard InChI is InChI=1S/C10H14FNO3S/c1-8(12-16(14,15)7-6-13)9-4-2-3-5-10(9)11/h2-5,8,12-13H,6-7H2,1H3. The first-order valence-electron chi connectivity index (χ1n) is 4.81. The molecule has 1 rings (SSSR count). The highest BCUT2D eigenvalue weighted by Crippen LogP contribution is 2.16. The lowest BCUT2D eigenvalue weighted by molar-refractivity contribution is 0.319. The van der Waals surface area contributed by atoms with E-state index in [-0.39, 0.29) is 11.3 Å². The molecule has 0 fully saturated rings. The van der Waals surface area contributed by atoms with Gasteiger partial charge < -0.3 is 5.11 Å². The summed E-state index contributed by atoms with van der Waals surface area (Å²) in [5.74, 6) is -0.840. The second-order valence-electron chi connectivity index (χ2n) is 3.40. The third kappa shape index (κ3) is 3.55. The van der Waals surface area contributed by atoms with E-state index in [2.05, 4.69) is 4.72 Å². The van der Waals surface area contributed by atoms with Gasteiger partial charge in [0.2, 0.25) is 10.0 Å². The summed E-state index contributed by atoms with van der Waals surface area (Å²) in [7, 11) is -3.56. The Kier molecular flexibility index (Phi) is 4.40. The highest BCUT2D eigenvalue weighted by molar-refractivity contribution is 7.89. The van der Waals surface area contributed by atoms with Crippen LogP contribution in [-0.4, -0.2) is 25.9 Å². The van der Waals surface area contributed by atoms with Crippen LogP contribution in [0, 0.1) is 5.82 Å². The van der Waals surface area contributed by atoms with E-state index < -0.39 is 28.5 Å². The molecule has 1 aromatic rings. The molecule has 6 heteroatoms. The largest absolute Gasteiger partial charge is 0.395 e. The van der Waals surface area contributed by atoms with E-state index in [1.807, 2.05) is 0 Å². The van der Waals surface area contributed by atoms with E-state index in [4.69, 9.17) is 5.11 Å². The Labute approximate surface area is 94.2 Å². The first-order valence-corrected chi connectivity index (χ1v) is 6.47. The number of halogens is 1. The van der Waals surface area contributed by atoms with E-state index in [1.165, 1.54) is 18.2 Å². The fourth-order valence-electron chi connectivity index (χ4n) is 1.34. The molecule has 2 N–H and O–H groups in total. The molecule has 0 spiro atoms. The molecule has 0 aromatic heterocycles. The average Bonchev–Trinajstić information content (AvgIpc) is 2.17. The molecule has 0 amide bonds. The first-order chi connectivity index (χ1) is 7.46. The third-order valence-electron chi connectivity index (χ3n) is 2.09. The monoisotopic (exact) mass is 247 g/mol. The third-order valence-corrected chi connectivity index (χ3v) is 3.52. The van der Waals surface area contributed by atoms with Crippen LogP contribution >= 0.6 is 0 Å². The molecule has 0 aliphatic heterocycles. The van der Waals surface area contributed by atoms with E-state index in [1.54, 1.807) is 13.0 Å². The van der Waals surface area contributed by atoms with Gasteiger partial charge in [-0.2, -0.15) is 0 Å². The van der Waals surface area contributed by atoms with Gasteiger partial charge in [-0.3, -0.25) is 0 Å². The van der Waals surface area contributed by atoms with Crippen molar-refractivity contribution < 1.29 is 17.9 Å². The number of aliphatic hydroxyl groups is 1. The Bertz CT molecular complexity index is 447. The average molecular weight is 247 g/mol. The molecule has 1 unspecified atom stereocenters. The van der Waals surface area contributed by atoms with Gasteiger partial charge in [-0.05, 0) is 13.0 Å². The van der Waals surface area contributed by atoms with Crippen LogP contribution in [0.1, 0.15) is 18.5 Å². The molecule has 1 atom stereocenters. The zero-order valence-electron chi connectivity index (χ0n) is 8.85. The molecule has 1 aromatic carbocycles. The van der Waals surface area contributed by atoms with Crippen molar-refractivity contribution in [3.63, 3.8) is 0 Å². The molecule has 0 saturated carbocycles. The second kappa shape index (κ2) is 5.38. The Morgan fingerprint density at radius 2 is 2.06 bits per heavy atom. The van der Waals surface area contributed by atoms with Crippen molar-refractivity contribution in [2.75, 3.05) is 12.4 Å². The fourth-order valence-corrected chi connectivity index (χ4v) is 2.36. The van der Waals surface area contributed by atoms with Crippen LogP contribution < -0.4 is 4.72 Å². The summed E-state index contributed by atoms with van der Waals surface area (Å²) >= 11 is 0. The second-order valence-corrected chi connectivity index (χ2v) is 5.28. The zero-order chi connectivity index (χ0) is 12.2. The van der Waals surface area contributed by atoms with Crippen molar-refractivity contribution in [2.24, 2.45) is 0 Å². The maximum Gasteiger partial charge on any atom is 0.214 e. The predicted molar refractivity (Wildman–Crippen MR) is 58.8 cm³/mol. The summed E-state index contributed by atoms with van der Waals surface area (Å²) < 4.78 is 38.3. The Morgan fingerprint density at radius 1 is 1.44 bits per heavy atom. The van der Waals surface area contributed by atoms with E-state index in [0.717, 1.165) is 0 Å². The van der Waals surface area contributed by atoms with Crippen LogP contribution in [0.5, 0.6) is 0 Å². The first kappa shape index (κ1) is 13.1. The molecular formula is C10H14FNO3S. The molecule has 0 heterocycles. The van der Waals surface area contributed by atoms with Crippen LogP contribution in [0.3, 0.4) is 0 Å². The Hall–Kier alpha value is -0.980. The number of hydrogen-bond donors (Lipinski definition) is 2. The topological polar surface area (TPSA) is 66.4 Å². The molecule has 16 heavy (non-hydrogen) atoms. The Balaban J connectivity index is 2.81. The number of benzene rings is 1. The van der Waals surface area contributed by atoms with Crippen molar-refractivity contribution in [1.29, 1.82) is 0 Å². The highest BCUT2D eigenvalue weighted by atomic mass is 32.2. The van der Waals surface area contributed by atoms with Crippen molar-refractivity contribution in [3.8, 4) is 0 Å². The van der Waals surface area contributed by atoms with Crippen LogP contribution in [-0.2, 0) is 10.0 Å². The minimum Gasteiger partial charge on any atom is -0.395 e. The van der Waals surface area contributed by atoms with Gasteiger partial charge >= 0.3 is 0 Å². The number of aliphatic hydroxyl groups excluding tert-OH is 1. The van der Waals surface area contributed by atoms with Crippen LogP contribution in [0.25, 0.3) is 0 Å². The van der Waals surface area contributed by atoms with Crippen LogP contribution in [0.2, 0.25) is 0 Å². The minimum atomic E-state index is -3.56. The quantitative estimate of drug-likeness (QED) is 0.808. The zero-order valence-corrected chi connectivity index (χ0v) is 9.67. The lowest BCUT2D eigenvalue weighted by atomic mass is 10.1. The summed E-state index contributed by atoms with van der Waals surface area (Å²) in [5.41, 5.74) is 0.281. The smallest absolute Gasteiger partial charge is 0.214 e. The van der Waals surface area contributed by atoms with Gasteiger partial charge in [0.25, 0.3) is 0 Å². The summed E-state index contributed by atoms with van der Waals surface area (Å²) in [6.45, 7) is 1.09. The van der Waals surface area contributed by atoms with Gasteiger partial charge in [0.05, 0.1) is 12.4 Å². The Morgan fingerprint density at radius 3 is 2.62 bits per heavy atom. The predicted octanol–water partition coefficient (Wildman–Crippen LogP) is 0.798. The molecule has 0 radical (unpaired) electrons. The lowest BCUT2D eigenvalue weighted by Crippen LogP contribution is -2.30. The van der Waals surface area contributed by atoms with E-state index >= 15 is 0 Å². The van der Waals surface area contributed by atoms with Gasteiger partial charge in [0, 0.05) is 11.6 Å². The molecule has 0 bridgehead atoms. The molecule has 0 aliphatic rings. The van der Waals surface area contributed by atoms with Gasteiger partial charge in [-0.1, -0.05) is 18.2 Å². The van der Waals surface area contributed by atoms with E-state index in [0.29, 0.717) is 0 Å². The van der Waals surface area contributed by atoms with Crippen molar-refractivity contribution >= 4 is 10.0 Å². The molecule has 0 aliphatic carbocycles. The van der Waals surface area contributed by atoms with Crippen molar-refractivity contribution in [2.45, 2.75) is 13.0 Å². The maximum absolute atomic E-state index is 13.3. The maximum atomic E-state index is 13.3. The number of hydrogen-bond acceptors (Lipinski definition) is 3. The molecule has 4 nitrogen and oxygen atoms in total. The van der Waals surface area contributed by atoms with Gasteiger partial charge in [0.1, 0.15) is 5.82 Å². The molecule has 90 valence electrons. The molecule has 0 saturated heterocycles. The van der Waals surface area contributed by atoms with Crippen LogP contribution in [0.4, 0.5) is 4.39 Å². The normalized spacial score (nSPS) is 13.7. The van der Waals surface area contributed by atoms with Crippen LogP contribution in [0.15, 0.2) is 24.3 Å². The number of rotatable bonds is 5. The summed E-state index contributed by atoms with van der Waals surface area (Å²) in [4.78, 5) is 0.